The Labute approximate surface area is 132 Å². The van der Waals surface area contributed by atoms with E-state index in [2.05, 4.69) is 36.7 Å². The molecule has 0 radical (unpaired) electrons. The minimum atomic E-state index is -0.273. The molecule has 1 unspecified atom stereocenters. The molecule has 0 aromatic heterocycles. The van der Waals surface area contributed by atoms with Crippen LogP contribution in [0, 0.1) is 11.3 Å². The predicted molar refractivity (Wildman–Crippen MR) is 82.8 cm³/mol. The second-order valence-corrected chi connectivity index (χ2v) is 7.59. The first-order valence-corrected chi connectivity index (χ1v) is 7.66. The average Bonchev–Trinajstić information content (AvgIpc) is 2.69. The first-order chi connectivity index (χ1) is 9.18. The summed E-state index contributed by atoms with van der Waals surface area (Å²) in [6.45, 7) is 6.75. The molecule has 3 nitrogen and oxygen atoms in total. The molecule has 20 heavy (non-hydrogen) atoms. The maximum absolute atomic E-state index is 12.5. The van der Waals surface area contributed by atoms with Gasteiger partial charge in [0.05, 0.1) is 0 Å². The van der Waals surface area contributed by atoms with E-state index >= 15 is 0 Å². The van der Waals surface area contributed by atoms with E-state index in [-0.39, 0.29) is 23.1 Å². The molecule has 1 aromatic carbocycles. The number of hydrogen-bond acceptors (Lipinski definition) is 2. The average molecular weight is 359 g/mol. The van der Waals surface area contributed by atoms with E-state index in [4.69, 9.17) is 11.6 Å². The van der Waals surface area contributed by atoms with Crippen LogP contribution in [-0.2, 0) is 4.79 Å². The van der Waals surface area contributed by atoms with Crippen molar-refractivity contribution in [2.24, 2.45) is 11.3 Å². The van der Waals surface area contributed by atoms with E-state index in [0.717, 1.165) is 4.47 Å². The topological polar surface area (TPSA) is 37.4 Å². The van der Waals surface area contributed by atoms with Crippen LogP contribution in [0.1, 0.15) is 37.6 Å². The third kappa shape index (κ3) is 3.23. The molecule has 1 saturated heterocycles. The molecule has 1 fully saturated rings. The number of carbonyl (C=O) groups is 2. The molecule has 1 atom stereocenters. The Bertz CT molecular complexity index is 545. The quantitative estimate of drug-likeness (QED) is 0.708. The number of imide groups is 1. The number of hydrogen-bond donors (Lipinski definition) is 0. The number of halogens is 2. The highest BCUT2D eigenvalue weighted by atomic mass is 79.9. The minimum absolute atomic E-state index is 0.0135. The number of carbonyl (C=O) groups excluding carboxylic acids is 2. The van der Waals surface area contributed by atoms with Crippen LogP contribution in [0.15, 0.2) is 22.7 Å². The van der Waals surface area contributed by atoms with Crippen LogP contribution in [0.5, 0.6) is 0 Å². The van der Waals surface area contributed by atoms with E-state index in [1.807, 2.05) is 0 Å². The molecule has 108 valence electrons. The summed E-state index contributed by atoms with van der Waals surface area (Å²) in [4.78, 5) is 25.9. The number of likely N-dealkylation sites (tertiary alicyclic amines) is 1. The molecule has 0 bridgehead atoms. The van der Waals surface area contributed by atoms with Gasteiger partial charge in [-0.05, 0) is 29.5 Å². The van der Waals surface area contributed by atoms with Crippen molar-refractivity contribution in [1.29, 1.82) is 0 Å². The van der Waals surface area contributed by atoms with E-state index in [1.54, 1.807) is 18.2 Å². The van der Waals surface area contributed by atoms with Gasteiger partial charge in [0, 0.05) is 28.0 Å². The summed E-state index contributed by atoms with van der Waals surface area (Å²) in [5.74, 6) is -0.183. The van der Waals surface area contributed by atoms with Crippen LogP contribution in [0.25, 0.3) is 0 Å². The van der Waals surface area contributed by atoms with Crippen molar-refractivity contribution in [2.75, 3.05) is 6.54 Å². The Morgan fingerprint density at radius 2 is 2.00 bits per heavy atom. The van der Waals surface area contributed by atoms with Crippen molar-refractivity contribution in [2.45, 2.75) is 27.2 Å². The lowest BCUT2D eigenvalue weighted by Gasteiger charge is -2.26. The Hall–Kier alpha value is -0.870. The van der Waals surface area contributed by atoms with Gasteiger partial charge >= 0.3 is 0 Å². The van der Waals surface area contributed by atoms with Gasteiger partial charge in [0.15, 0.2) is 0 Å². The molecule has 1 heterocycles. The van der Waals surface area contributed by atoms with Crippen LogP contribution in [-0.4, -0.2) is 23.3 Å². The normalized spacial score (nSPS) is 19.6. The highest BCUT2D eigenvalue weighted by Crippen LogP contribution is 2.35. The van der Waals surface area contributed by atoms with Gasteiger partial charge in [-0.1, -0.05) is 48.3 Å². The third-order valence-electron chi connectivity index (χ3n) is 3.70. The molecule has 0 spiro atoms. The Morgan fingerprint density at radius 1 is 1.35 bits per heavy atom. The van der Waals surface area contributed by atoms with Crippen LogP contribution in [0.2, 0.25) is 5.02 Å². The van der Waals surface area contributed by atoms with Crippen molar-refractivity contribution in [1.82, 2.24) is 4.90 Å². The van der Waals surface area contributed by atoms with E-state index < -0.39 is 0 Å². The zero-order valence-corrected chi connectivity index (χ0v) is 14.1. The third-order valence-corrected chi connectivity index (χ3v) is 4.38. The van der Waals surface area contributed by atoms with Crippen molar-refractivity contribution < 1.29 is 9.59 Å². The lowest BCUT2D eigenvalue weighted by molar-refractivity contribution is -0.125. The smallest absolute Gasteiger partial charge is 0.260 e. The molecule has 5 heteroatoms. The monoisotopic (exact) mass is 357 g/mol. The number of amides is 2. The summed E-state index contributed by atoms with van der Waals surface area (Å²) in [7, 11) is 0. The highest BCUT2D eigenvalue weighted by molar-refractivity contribution is 9.10. The second kappa shape index (κ2) is 5.49. The van der Waals surface area contributed by atoms with Gasteiger partial charge in [-0.25, -0.2) is 0 Å². The van der Waals surface area contributed by atoms with E-state index in [9.17, 15) is 9.59 Å². The first-order valence-electron chi connectivity index (χ1n) is 6.49. The summed E-state index contributed by atoms with van der Waals surface area (Å²) in [5, 5.41) is 0.474. The van der Waals surface area contributed by atoms with Crippen molar-refractivity contribution in [3.05, 3.63) is 33.3 Å². The van der Waals surface area contributed by atoms with Crippen LogP contribution in [0.4, 0.5) is 0 Å². The zero-order chi connectivity index (χ0) is 15.1. The van der Waals surface area contributed by atoms with E-state index in [1.165, 1.54) is 4.90 Å². The molecule has 2 rings (SSSR count). The van der Waals surface area contributed by atoms with Crippen LogP contribution >= 0.6 is 27.5 Å². The fourth-order valence-electron chi connectivity index (χ4n) is 2.32. The molecule has 0 aliphatic carbocycles. The van der Waals surface area contributed by atoms with Crippen LogP contribution < -0.4 is 0 Å². The Morgan fingerprint density at radius 3 is 2.50 bits per heavy atom. The summed E-state index contributed by atoms with van der Waals surface area (Å²) < 4.78 is 0.729. The molecular weight excluding hydrogens is 342 g/mol. The molecule has 0 N–H and O–H groups in total. The fourth-order valence-corrected chi connectivity index (χ4v) is 3.18. The van der Waals surface area contributed by atoms with Crippen molar-refractivity contribution in [3.8, 4) is 0 Å². The first kappa shape index (κ1) is 15.5. The fraction of sp³-hybridized carbons (Fsp3) is 0.467. The minimum Gasteiger partial charge on any atom is -0.278 e. The Balaban J connectivity index is 2.24. The maximum Gasteiger partial charge on any atom is 0.260 e. The van der Waals surface area contributed by atoms with Gasteiger partial charge in [0.2, 0.25) is 5.91 Å². The maximum atomic E-state index is 12.5. The summed E-state index contributed by atoms with van der Waals surface area (Å²) in [6.07, 6.45) is 0.428. The van der Waals surface area contributed by atoms with Crippen LogP contribution in [0.3, 0.4) is 0 Å². The van der Waals surface area contributed by atoms with Gasteiger partial charge in [-0.3, -0.25) is 14.5 Å². The standard InChI is InChI=1S/C15H17BrClNO2/c1-15(2,3)10-6-13(19)18(8-10)14(20)9-4-11(16)7-12(17)5-9/h4-5,7,10H,6,8H2,1-3H3. The lowest BCUT2D eigenvalue weighted by Crippen LogP contribution is -2.33. The number of nitrogens with zero attached hydrogens (tertiary/aromatic N) is 1. The molecular formula is C15H17BrClNO2. The van der Waals surface area contributed by atoms with Crippen molar-refractivity contribution >= 4 is 39.3 Å². The lowest BCUT2D eigenvalue weighted by atomic mass is 9.80. The number of rotatable bonds is 1. The summed E-state index contributed by atoms with van der Waals surface area (Å²) >= 11 is 9.26. The van der Waals surface area contributed by atoms with Gasteiger partial charge in [-0.15, -0.1) is 0 Å². The molecule has 2 amide bonds. The van der Waals surface area contributed by atoms with E-state index in [0.29, 0.717) is 23.6 Å². The van der Waals surface area contributed by atoms with Gasteiger partial charge in [0.1, 0.15) is 0 Å². The largest absolute Gasteiger partial charge is 0.278 e. The van der Waals surface area contributed by atoms with Gasteiger partial charge < -0.3 is 0 Å². The predicted octanol–water partition coefficient (Wildman–Crippen LogP) is 4.14. The second-order valence-electron chi connectivity index (χ2n) is 6.23. The molecule has 1 aliphatic heterocycles. The van der Waals surface area contributed by atoms with Gasteiger partial charge in [0.25, 0.3) is 5.91 Å². The van der Waals surface area contributed by atoms with Gasteiger partial charge in [-0.2, -0.15) is 0 Å². The highest BCUT2D eigenvalue weighted by Gasteiger charge is 2.39. The van der Waals surface area contributed by atoms with Crippen molar-refractivity contribution in [3.63, 3.8) is 0 Å². The molecule has 0 saturated carbocycles. The zero-order valence-electron chi connectivity index (χ0n) is 11.7. The summed E-state index contributed by atoms with van der Waals surface area (Å²) in [5.41, 5.74) is 0.451. The molecule has 1 aromatic rings. The summed E-state index contributed by atoms with van der Waals surface area (Å²) in [6, 6.07) is 4.99. The SMILES string of the molecule is CC(C)(C)C1CC(=O)N(C(=O)c2cc(Cl)cc(Br)c2)C1. The Kier molecular flexibility index (Phi) is 4.26. The molecule has 1 aliphatic rings. The number of benzene rings is 1.